The fourth-order valence-electron chi connectivity index (χ4n) is 1.44. The number of hydrogen-bond donors (Lipinski definition) is 1. The molecule has 2 rings (SSSR count). The minimum Gasteiger partial charge on any atom is -0.384 e. The summed E-state index contributed by atoms with van der Waals surface area (Å²) in [5.41, 5.74) is 6.74. The molecule has 0 amide bonds. The molecule has 0 spiro atoms. The van der Waals surface area contributed by atoms with Crippen LogP contribution in [0.15, 0.2) is 17.5 Å². The number of nitrogen functional groups attached to an aromatic ring is 1. The van der Waals surface area contributed by atoms with Crippen LogP contribution >= 0.6 is 22.9 Å². The number of nitrogens with two attached hydrogens (primary N) is 1. The molecular weight excluding hydrogens is 242 g/mol. The zero-order valence-electron chi connectivity index (χ0n) is 8.90. The highest BCUT2D eigenvalue weighted by Crippen LogP contribution is 2.27. The average molecular weight is 254 g/mol. The molecule has 3 nitrogen and oxygen atoms in total. The van der Waals surface area contributed by atoms with Crippen molar-refractivity contribution < 1.29 is 0 Å². The molecule has 84 valence electrons. The molecule has 2 aromatic rings. The van der Waals surface area contributed by atoms with E-state index in [4.69, 9.17) is 17.3 Å². The Kier molecular flexibility index (Phi) is 3.41. The number of hydrogen-bond acceptors (Lipinski definition) is 4. The SMILES string of the molecule is CCCc1cc(N)nc(-c2cc(Cl)cs2)n1. The summed E-state index contributed by atoms with van der Waals surface area (Å²) in [4.78, 5) is 9.64. The second-order valence-electron chi connectivity index (χ2n) is 3.49. The van der Waals surface area contributed by atoms with Crippen molar-refractivity contribution in [2.24, 2.45) is 0 Å². The van der Waals surface area contributed by atoms with Gasteiger partial charge in [-0.2, -0.15) is 0 Å². The van der Waals surface area contributed by atoms with Gasteiger partial charge in [0.15, 0.2) is 5.82 Å². The smallest absolute Gasteiger partial charge is 0.171 e. The van der Waals surface area contributed by atoms with Crippen molar-refractivity contribution in [3.63, 3.8) is 0 Å². The van der Waals surface area contributed by atoms with Gasteiger partial charge in [0.25, 0.3) is 0 Å². The second-order valence-corrected chi connectivity index (χ2v) is 4.83. The molecular formula is C11H12ClN3S. The molecule has 0 bridgehead atoms. The van der Waals surface area contributed by atoms with E-state index in [1.807, 2.05) is 17.5 Å². The molecule has 0 aliphatic rings. The normalized spacial score (nSPS) is 10.6. The molecule has 0 aliphatic carbocycles. The lowest BCUT2D eigenvalue weighted by molar-refractivity contribution is 0.877. The zero-order valence-corrected chi connectivity index (χ0v) is 10.5. The molecule has 0 atom stereocenters. The summed E-state index contributed by atoms with van der Waals surface area (Å²) in [5.74, 6) is 1.18. The van der Waals surface area contributed by atoms with Gasteiger partial charge in [-0.25, -0.2) is 9.97 Å². The maximum atomic E-state index is 5.87. The van der Waals surface area contributed by atoms with Gasteiger partial charge in [0.05, 0.1) is 9.90 Å². The minimum absolute atomic E-state index is 0.512. The van der Waals surface area contributed by atoms with E-state index < -0.39 is 0 Å². The first-order valence-electron chi connectivity index (χ1n) is 5.07. The van der Waals surface area contributed by atoms with Crippen LogP contribution in [0.2, 0.25) is 5.02 Å². The Morgan fingerprint density at radius 2 is 2.19 bits per heavy atom. The van der Waals surface area contributed by atoms with E-state index in [1.165, 1.54) is 11.3 Å². The molecule has 5 heteroatoms. The van der Waals surface area contributed by atoms with Gasteiger partial charge in [-0.1, -0.05) is 24.9 Å². The van der Waals surface area contributed by atoms with Crippen molar-refractivity contribution in [2.75, 3.05) is 5.73 Å². The lowest BCUT2D eigenvalue weighted by Crippen LogP contribution is -1.99. The summed E-state index contributed by atoms with van der Waals surface area (Å²) in [6.45, 7) is 2.11. The average Bonchev–Trinajstić information content (AvgIpc) is 2.64. The summed E-state index contributed by atoms with van der Waals surface area (Å²) in [6.07, 6.45) is 1.96. The van der Waals surface area contributed by atoms with Crippen LogP contribution in [-0.2, 0) is 6.42 Å². The van der Waals surface area contributed by atoms with Crippen molar-refractivity contribution in [3.8, 4) is 10.7 Å². The topological polar surface area (TPSA) is 51.8 Å². The zero-order chi connectivity index (χ0) is 11.5. The molecule has 0 fully saturated rings. The van der Waals surface area contributed by atoms with Gasteiger partial charge in [-0.3, -0.25) is 0 Å². The molecule has 0 saturated heterocycles. The van der Waals surface area contributed by atoms with Gasteiger partial charge in [-0.15, -0.1) is 11.3 Å². The Bertz CT molecular complexity index is 496. The van der Waals surface area contributed by atoms with E-state index in [2.05, 4.69) is 16.9 Å². The van der Waals surface area contributed by atoms with Gasteiger partial charge in [0.1, 0.15) is 5.82 Å². The standard InChI is InChI=1S/C11H12ClN3S/c1-2-3-8-5-10(13)15-11(14-8)9-4-7(12)6-16-9/h4-6H,2-3H2,1H3,(H2,13,14,15). The quantitative estimate of drug-likeness (QED) is 0.912. The molecule has 2 N–H and O–H groups in total. The molecule has 0 aromatic carbocycles. The maximum Gasteiger partial charge on any atom is 0.171 e. The van der Waals surface area contributed by atoms with Crippen LogP contribution in [0.25, 0.3) is 10.7 Å². The van der Waals surface area contributed by atoms with Crippen LogP contribution in [0.3, 0.4) is 0 Å². The number of anilines is 1. The van der Waals surface area contributed by atoms with Crippen molar-refractivity contribution >= 4 is 28.8 Å². The van der Waals surface area contributed by atoms with Crippen LogP contribution in [0.4, 0.5) is 5.82 Å². The van der Waals surface area contributed by atoms with Crippen molar-refractivity contribution in [2.45, 2.75) is 19.8 Å². The third-order valence-electron chi connectivity index (χ3n) is 2.09. The van der Waals surface area contributed by atoms with Gasteiger partial charge in [0.2, 0.25) is 0 Å². The molecule has 0 unspecified atom stereocenters. The van der Waals surface area contributed by atoms with Crippen molar-refractivity contribution in [1.29, 1.82) is 0 Å². The molecule has 0 aliphatic heterocycles. The molecule has 2 aromatic heterocycles. The maximum absolute atomic E-state index is 5.87. The number of aryl methyl sites for hydroxylation is 1. The van der Waals surface area contributed by atoms with E-state index in [-0.39, 0.29) is 0 Å². The number of rotatable bonds is 3. The number of aromatic nitrogens is 2. The van der Waals surface area contributed by atoms with E-state index in [0.29, 0.717) is 16.7 Å². The lowest BCUT2D eigenvalue weighted by Gasteiger charge is -2.02. The van der Waals surface area contributed by atoms with Crippen molar-refractivity contribution in [3.05, 3.63) is 28.2 Å². The number of nitrogens with zero attached hydrogens (tertiary/aromatic N) is 2. The van der Waals surface area contributed by atoms with Gasteiger partial charge < -0.3 is 5.73 Å². The largest absolute Gasteiger partial charge is 0.384 e. The molecule has 2 heterocycles. The Balaban J connectivity index is 2.40. The fraction of sp³-hybridized carbons (Fsp3) is 0.273. The Hall–Kier alpha value is -1.13. The summed E-state index contributed by atoms with van der Waals surface area (Å²) in [7, 11) is 0. The Morgan fingerprint density at radius 3 is 2.81 bits per heavy atom. The summed E-state index contributed by atoms with van der Waals surface area (Å²) < 4.78 is 0. The van der Waals surface area contributed by atoms with Crippen LogP contribution in [0.5, 0.6) is 0 Å². The predicted octanol–water partition coefficient (Wildman–Crippen LogP) is 3.39. The highest BCUT2D eigenvalue weighted by atomic mass is 35.5. The fourth-order valence-corrected chi connectivity index (χ4v) is 2.45. The summed E-state index contributed by atoms with van der Waals surface area (Å²) in [6, 6.07) is 3.68. The first kappa shape index (κ1) is 11.4. The number of thiophene rings is 1. The molecule has 16 heavy (non-hydrogen) atoms. The predicted molar refractivity (Wildman–Crippen MR) is 68.8 cm³/mol. The van der Waals surface area contributed by atoms with Crippen molar-refractivity contribution in [1.82, 2.24) is 9.97 Å². The van der Waals surface area contributed by atoms with E-state index in [0.717, 1.165) is 23.4 Å². The highest BCUT2D eigenvalue weighted by Gasteiger charge is 2.07. The minimum atomic E-state index is 0.512. The van der Waals surface area contributed by atoms with Gasteiger partial charge in [-0.05, 0) is 12.5 Å². The third kappa shape index (κ3) is 2.51. The third-order valence-corrected chi connectivity index (χ3v) is 3.37. The van der Waals surface area contributed by atoms with E-state index in [1.54, 1.807) is 0 Å². The monoisotopic (exact) mass is 253 g/mol. The van der Waals surface area contributed by atoms with Crippen LogP contribution in [0, 0.1) is 0 Å². The Morgan fingerprint density at radius 1 is 1.38 bits per heavy atom. The first-order chi connectivity index (χ1) is 7.69. The number of halogens is 1. The lowest BCUT2D eigenvalue weighted by atomic mass is 10.2. The Labute approximate surface area is 103 Å². The summed E-state index contributed by atoms with van der Waals surface area (Å²) >= 11 is 7.40. The van der Waals surface area contributed by atoms with Crippen LogP contribution in [-0.4, -0.2) is 9.97 Å². The second kappa shape index (κ2) is 4.80. The first-order valence-corrected chi connectivity index (χ1v) is 6.32. The van der Waals surface area contributed by atoms with Gasteiger partial charge in [0, 0.05) is 17.1 Å². The van der Waals surface area contributed by atoms with E-state index >= 15 is 0 Å². The van der Waals surface area contributed by atoms with E-state index in [9.17, 15) is 0 Å². The van der Waals surface area contributed by atoms with Crippen LogP contribution < -0.4 is 5.73 Å². The van der Waals surface area contributed by atoms with Crippen LogP contribution in [0.1, 0.15) is 19.0 Å². The van der Waals surface area contributed by atoms with Gasteiger partial charge >= 0.3 is 0 Å². The summed E-state index contributed by atoms with van der Waals surface area (Å²) in [5, 5.41) is 2.58. The molecule has 0 saturated carbocycles. The highest BCUT2D eigenvalue weighted by molar-refractivity contribution is 7.14. The molecule has 0 radical (unpaired) electrons.